The topological polar surface area (TPSA) is 42.0 Å². The fourth-order valence-electron chi connectivity index (χ4n) is 2.69. The molecule has 3 nitrogen and oxygen atoms in total. The van der Waals surface area contributed by atoms with E-state index in [4.69, 9.17) is 0 Å². The summed E-state index contributed by atoms with van der Waals surface area (Å²) in [6.45, 7) is 2.01. The van der Waals surface area contributed by atoms with E-state index in [2.05, 4.69) is 26.2 Å². The van der Waals surface area contributed by atoms with Gasteiger partial charge in [0.1, 0.15) is 0 Å². The van der Waals surface area contributed by atoms with Gasteiger partial charge < -0.3 is 5.32 Å². The van der Waals surface area contributed by atoms with Gasteiger partial charge in [0, 0.05) is 16.9 Å². The van der Waals surface area contributed by atoms with Crippen LogP contribution >= 0.6 is 15.9 Å². The molecule has 0 saturated heterocycles. The molecule has 0 atom stereocenters. The van der Waals surface area contributed by atoms with E-state index in [0.29, 0.717) is 5.56 Å². The second-order valence-electron chi connectivity index (χ2n) is 5.70. The van der Waals surface area contributed by atoms with E-state index in [1.54, 1.807) is 18.5 Å². The van der Waals surface area contributed by atoms with Crippen LogP contribution in [0.3, 0.4) is 0 Å². The number of halogens is 1. The van der Waals surface area contributed by atoms with Gasteiger partial charge in [-0.2, -0.15) is 0 Å². The van der Waals surface area contributed by atoms with Crippen LogP contribution in [-0.2, 0) is 5.54 Å². The predicted molar refractivity (Wildman–Crippen MR) is 98.7 cm³/mol. The van der Waals surface area contributed by atoms with Gasteiger partial charge in [-0.3, -0.25) is 9.78 Å². The zero-order valence-corrected chi connectivity index (χ0v) is 14.8. The molecular formula is C20H17BrN2O. The molecule has 120 valence electrons. The van der Waals surface area contributed by atoms with Gasteiger partial charge in [0.05, 0.1) is 11.1 Å². The van der Waals surface area contributed by atoms with Crippen LogP contribution in [-0.4, -0.2) is 10.9 Å². The zero-order chi connectivity index (χ0) is 17.0. The molecule has 1 aromatic heterocycles. The Hall–Kier alpha value is -2.46. The SMILES string of the molecule is CC(NC(=O)c1cncc(Br)c1)(c1ccccc1)c1ccccc1. The van der Waals surface area contributed by atoms with Crippen molar-refractivity contribution in [1.82, 2.24) is 10.3 Å². The standard InChI is InChI=1S/C20H17BrN2O/c1-20(16-8-4-2-5-9-16,17-10-6-3-7-11-17)23-19(24)15-12-18(21)14-22-13-15/h2-14H,1H3,(H,23,24). The number of hydrogen-bond acceptors (Lipinski definition) is 2. The lowest BCUT2D eigenvalue weighted by Crippen LogP contribution is -2.44. The molecule has 0 aliphatic heterocycles. The highest BCUT2D eigenvalue weighted by Crippen LogP contribution is 2.29. The van der Waals surface area contributed by atoms with Crippen LogP contribution in [0, 0.1) is 0 Å². The summed E-state index contributed by atoms with van der Waals surface area (Å²) in [5, 5.41) is 3.17. The third kappa shape index (κ3) is 3.39. The highest BCUT2D eigenvalue weighted by molar-refractivity contribution is 9.10. The van der Waals surface area contributed by atoms with Crippen LogP contribution in [0.4, 0.5) is 0 Å². The zero-order valence-electron chi connectivity index (χ0n) is 13.2. The molecule has 1 heterocycles. The molecule has 1 N–H and O–H groups in total. The fraction of sp³-hybridized carbons (Fsp3) is 0.100. The third-order valence-electron chi connectivity index (χ3n) is 4.03. The summed E-state index contributed by atoms with van der Waals surface area (Å²) in [5.41, 5.74) is 1.92. The van der Waals surface area contributed by atoms with Crippen molar-refractivity contribution in [2.75, 3.05) is 0 Å². The predicted octanol–water partition coefficient (Wildman–Crippen LogP) is 4.54. The Labute approximate surface area is 149 Å². The number of carbonyl (C=O) groups is 1. The summed E-state index contributed by atoms with van der Waals surface area (Å²) < 4.78 is 0.774. The highest BCUT2D eigenvalue weighted by Gasteiger charge is 2.31. The van der Waals surface area contributed by atoms with Crippen molar-refractivity contribution in [1.29, 1.82) is 0 Å². The van der Waals surface area contributed by atoms with E-state index in [9.17, 15) is 4.79 Å². The van der Waals surface area contributed by atoms with Crippen molar-refractivity contribution < 1.29 is 4.79 Å². The normalized spacial score (nSPS) is 11.1. The van der Waals surface area contributed by atoms with Crippen LogP contribution in [0.1, 0.15) is 28.4 Å². The molecule has 2 aromatic carbocycles. The van der Waals surface area contributed by atoms with E-state index in [1.807, 2.05) is 67.6 Å². The second kappa shape index (κ2) is 6.97. The maximum atomic E-state index is 12.8. The Morgan fingerprint density at radius 1 is 0.958 bits per heavy atom. The van der Waals surface area contributed by atoms with Gasteiger partial charge in [0.2, 0.25) is 0 Å². The van der Waals surface area contributed by atoms with Crippen LogP contribution in [0.2, 0.25) is 0 Å². The van der Waals surface area contributed by atoms with Crippen molar-refractivity contribution in [2.45, 2.75) is 12.5 Å². The van der Waals surface area contributed by atoms with E-state index in [-0.39, 0.29) is 5.91 Å². The summed E-state index contributed by atoms with van der Waals surface area (Å²) in [5.74, 6) is -0.168. The van der Waals surface area contributed by atoms with Crippen LogP contribution in [0.25, 0.3) is 0 Å². The van der Waals surface area contributed by atoms with Crippen LogP contribution < -0.4 is 5.32 Å². The van der Waals surface area contributed by atoms with Gasteiger partial charge in [-0.15, -0.1) is 0 Å². The lowest BCUT2D eigenvalue weighted by atomic mass is 9.84. The molecule has 0 fully saturated rings. The fourth-order valence-corrected chi connectivity index (χ4v) is 3.05. The van der Waals surface area contributed by atoms with E-state index in [1.165, 1.54) is 0 Å². The quantitative estimate of drug-likeness (QED) is 0.721. The Morgan fingerprint density at radius 3 is 2.00 bits per heavy atom. The number of pyridine rings is 1. The smallest absolute Gasteiger partial charge is 0.253 e. The average molecular weight is 381 g/mol. The van der Waals surface area contributed by atoms with E-state index < -0.39 is 5.54 Å². The molecule has 0 spiro atoms. The molecule has 4 heteroatoms. The van der Waals surface area contributed by atoms with Gasteiger partial charge in [0.15, 0.2) is 0 Å². The molecule has 3 aromatic rings. The van der Waals surface area contributed by atoms with Gasteiger partial charge >= 0.3 is 0 Å². The largest absolute Gasteiger partial charge is 0.339 e. The molecule has 0 unspecified atom stereocenters. The summed E-state index contributed by atoms with van der Waals surface area (Å²) in [6, 6.07) is 21.7. The Kier molecular flexibility index (Phi) is 4.76. The highest BCUT2D eigenvalue weighted by atomic mass is 79.9. The number of aromatic nitrogens is 1. The molecular weight excluding hydrogens is 364 g/mol. The van der Waals surface area contributed by atoms with Crippen LogP contribution in [0.15, 0.2) is 83.6 Å². The number of nitrogens with zero attached hydrogens (tertiary/aromatic N) is 1. The first-order valence-electron chi connectivity index (χ1n) is 7.64. The van der Waals surface area contributed by atoms with Gasteiger partial charge in [-0.1, -0.05) is 60.7 Å². The number of rotatable bonds is 4. The summed E-state index contributed by atoms with van der Waals surface area (Å²) in [6.07, 6.45) is 3.22. The molecule has 0 saturated carbocycles. The third-order valence-corrected chi connectivity index (χ3v) is 4.47. The Balaban J connectivity index is 2.01. The first-order chi connectivity index (χ1) is 11.6. The number of nitrogens with one attached hydrogen (secondary N) is 1. The van der Waals surface area contributed by atoms with Gasteiger partial charge in [-0.25, -0.2) is 0 Å². The Bertz CT molecular complexity index is 795. The minimum atomic E-state index is -0.637. The summed E-state index contributed by atoms with van der Waals surface area (Å²) in [4.78, 5) is 16.9. The average Bonchev–Trinajstić information content (AvgIpc) is 2.63. The first-order valence-corrected chi connectivity index (χ1v) is 8.43. The number of amides is 1. The number of carbonyl (C=O) groups excluding carboxylic acids is 1. The number of hydrogen-bond donors (Lipinski definition) is 1. The maximum Gasteiger partial charge on any atom is 0.253 e. The van der Waals surface area contributed by atoms with Crippen molar-refractivity contribution in [3.05, 3.63) is 100 Å². The monoisotopic (exact) mass is 380 g/mol. The summed E-state index contributed by atoms with van der Waals surface area (Å²) in [7, 11) is 0. The lowest BCUT2D eigenvalue weighted by Gasteiger charge is -2.32. The van der Waals surface area contributed by atoms with Crippen molar-refractivity contribution >= 4 is 21.8 Å². The molecule has 0 bridgehead atoms. The van der Waals surface area contributed by atoms with Crippen LogP contribution in [0.5, 0.6) is 0 Å². The summed E-state index contributed by atoms with van der Waals surface area (Å²) >= 11 is 3.36. The van der Waals surface area contributed by atoms with Gasteiger partial charge in [0.25, 0.3) is 5.91 Å². The molecule has 24 heavy (non-hydrogen) atoms. The van der Waals surface area contributed by atoms with E-state index in [0.717, 1.165) is 15.6 Å². The molecule has 3 rings (SSSR count). The van der Waals surface area contributed by atoms with Crippen molar-refractivity contribution in [2.24, 2.45) is 0 Å². The van der Waals surface area contributed by atoms with Gasteiger partial charge in [-0.05, 0) is 40.0 Å². The molecule has 0 aliphatic rings. The lowest BCUT2D eigenvalue weighted by molar-refractivity contribution is 0.0918. The molecule has 0 radical (unpaired) electrons. The minimum Gasteiger partial charge on any atom is -0.339 e. The van der Waals surface area contributed by atoms with Crippen molar-refractivity contribution in [3.8, 4) is 0 Å². The Morgan fingerprint density at radius 2 is 1.50 bits per heavy atom. The van der Waals surface area contributed by atoms with E-state index >= 15 is 0 Å². The molecule has 1 amide bonds. The molecule has 0 aliphatic carbocycles. The first kappa shape index (κ1) is 16.4. The number of benzene rings is 2. The minimum absolute atomic E-state index is 0.168. The maximum absolute atomic E-state index is 12.8. The second-order valence-corrected chi connectivity index (χ2v) is 6.62. The van der Waals surface area contributed by atoms with Crippen molar-refractivity contribution in [3.63, 3.8) is 0 Å².